The first kappa shape index (κ1) is 23.0. The number of aliphatic hydroxyl groups is 2. The van der Waals surface area contributed by atoms with Gasteiger partial charge in [0.15, 0.2) is 0 Å². The van der Waals surface area contributed by atoms with Crippen LogP contribution >= 0.6 is 0 Å². The summed E-state index contributed by atoms with van der Waals surface area (Å²) < 4.78 is 0. The minimum absolute atomic E-state index is 0.0683. The molecule has 1 amide bonds. The fraction of sp³-hybridized carbons (Fsp3) is 0.667. The average molecular weight is 334 g/mol. The van der Waals surface area contributed by atoms with Crippen molar-refractivity contribution in [3.63, 3.8) is 0 Å². The maximum Gasteiger partial charge on any atom is 0.323 e. The predicted octanol–water partition coefficient (Wildman–Crippen LogP) is -3.04. The molecule has 0 saturated heterocycles. The number of carboxylic acid groups (broad SMARTS) is 2. The Kier molecular flexibility index (Phi) is 13.4. The second kappa shape index (κ2) is 13.4. The van der Waals surface area contributed by atoms with Crippen molar-refractivity contribution in [2.75, 3.05) is 13.2 Å². The number of amides is 1. The molecule has 0 rings (SSSR count). The van der Waals surface area contributed by atoms with Crippen molar-refractivity contribution in [3.05, 3.63) is 0 Å². The van der Waals surface area contributed by atoms with Crippen LogP contribution in [0.2, 0.25) is 0 Å². The van der Waals surface area contributed by atoms with E-state index in [9.17, 15) is 14.4 Å². The van der Waals surface area contributed by atoms with Gasteiger partial charge in [0.05, 0.1) is 19.1 Å². The van der Waals surface area contributed by atoms with Gasteiger partial charge in [-0.05, 0) is 6.42 Å². The highest BCUT2D eigenvalue weighted by atomic mass is 16.4. The molecule has 0 spiro atoms. The van der Waals surface area contributed by atoms with Gasteiger partial charge in [-0.2, -0.15) is 5.26 Å². The predicted molar refractivity (Wildman–Crippen MR) is 76.8 cm³/mol. The van der Waals surface area contributed by atoms with Gasteiger partial charge in [0.2, 0.25) is 5.91 Å². The van der Waals surface area contributed by atoms with Gasteiger partial charge in [0.25, 0.3) is 0 Å². The van der Waals surface area contributed by atoms with Crippen LogP contribution in [0.15, 0.2) is 0 Å². The molecule has 132 valence electrons. The highest BCUT2D eigenvalue weighted by Gasteiger charge is 2.20. The van der Waals surface area contributed by atoms with Crippen LogP contribution in [0.25, 0.3) is 0 Å². The first-order valence-electron chi connectivity index (χ1n) is 6.56. The van der Waals surface area contributed by atoms with Crippen molar-refractivity contribution in [2.45, 2.75) is 37.5 Å². The SMILES string of the molecule is N#CCCNC(=O)CC[C@H](N)C(=O)O.N[C@H](C(=O)O)[C@H](O)CO. The van der Waals surface area contributed by atoms with Crippen molar-refractivity contribution in [1.29, 1.82) is 5.26 Å². The number of nitrogens with one attached hydrogen (secondary N) is 1. The number of carbonyl (C=O) groups is 3. The van der Waals surface area contributed by atoms with Crippen molar-refractivity contribution in [1.82, 2.24) is 5.32 Å². The Bertz CT molecular complexity index is 424. The number of nitrogens with zero attached hydrogens (tertiary/aromatic N) is 1. The molecule has 0 radical (unpaired) electrons. The van der Waals surface area contributed by atoms with Crippen LogP contribution in [0.5, 0.6) is 0 Å². The number of nitrogens with two attached hydrogens (primary N) is 2. The molecule has 0 unspecified atom stereocenters. The first-order chi connectivity index (χ1) is 10.7. The molecule has 0 aromatic heterocycles. The lowest BCUT2D eigenvalue weighted by atomic mass is 10.1. The van der Waals surface area contributed by atoms with E-state index in [4.69, 9.17) is 37.2 Å². The summed E-state index contributed by atoms with van der Waals surface area (Å²) >= 11 is 0. The van der Waals surface area contributed by atoms with Gasteiger partial charge in [0, 0.05) is 13.0 Å². The first-order valence-corrected chi connectivity index (χ1v) is 6.56. The van der Waals surface area contributed by atoms with E-state index in [0.717, 1.165) is 0 Å². The summed E-state index contributed by atoms with van der Waals surface area (Å²) in [6.07, 6.45) is -0.953. The van der Waals surface area contributed by atoms with Crippen LogP contribution in [0, 0.1) is 11.3 Å². The zero-order valence-electron chi connectivity index (χ0n) is 12.4. The zero-order valence-corrected chi connectivity index (χ0v) is 12.4. The number of aliphatic carboxylic acids is 2. The van der Waals surface area contributed by atoms with E-state index in [1.807, 2.05) is 6.07 Å². The molecule has 0 bridgehead atoms. The molecule has 9 N–H and O–H groups in total. The number of aliphatic hydroxyl groups excluding tert-OH is 2. The number of rotatable bonds is 9. The minimum atomic E-state index is -1.39. The Morgan fingerprint density at radius 2 is 1.74 bits per heavy atom. The Hall–Kier alpha value is -2.26. The maximum absolute atomic E-state index is 11.0. The highest BCUT2D eigenvalue weighted by Crippen LogP contribution is 1.94. The number of nitriles is 1. The van der Waals surface area contributed by atoms with Gasteiger partial charge in [-0.25, -0.2) is 0 Å². The van der Waals surface area contributed by atoms with Crippen LogP contribution in [-0.4, -0.2) is 69.6 Å². The summed E-state index contributed by atoms with van der Waals surface area (Å²) in [5, 5.41) is 43.8. The molecule has 0 saturated carbocycles. The van der Waals surface area contributed by atoms with Crippen LogP contribution in [0.4, 0.5) is 0 Å². The molecule has 0 aliphatic rings. The summed E-state index contributed by atoms with van der Waals surface area (Å²) in [4.78, 5) is 31.2. The molecular formula is C12H22N4O7. The molecule has 0 aromatic rings. The topological polar surface area (TPSA) is 220 Å². The van der Waals surface area contributed by atoms with Crippen molar-refractivity contribution < 1.29 is 34.8 Å². The molecule has 11 heteroatoms. The third kappa shape index (κ3) is 13.1. The molecule has 0 aromatic carbocycles. The van der Waals surface area contributed by atoms with E-state index in [-0.39, 0.29) is 31.7 Å². The molecule has 0 aliphatic carbocycles. The summed E-state index contributed by atoms with van der Waals surface area (Å²) in [6.45, 7) is -0.342. The maximum atomic E-state index is 11.0. The Morgan fingerprint density at radius 3 is 2.09 bits per heavy atom. The van der Waals surface area contributed by atoms with E-state index >= 15 is 0 Å². The number of carboxylic acids is 2. The molecule has 3 atom stereocenters. The van der Waals surface area contributed by atoms with Crippen LogP contribution in [-0.2, 0) is 14.4 Å². The van der Waals surface area contributed by atoms with Crippen LogP contribution in [0.1, 0.15) is 19.3 Å². The zero-order chi connectivity index (χ0) is 18.4. The van der Waals surface area contributed by atoms with Crippen molar-refractivity contribution in [3.8, 4) is 6.07 Å². The minimum Gasteiger partial charge on any atom is -0.480 e. The number of hydrogen-bond donors (Lipinski definition) is 7. The summed E-state index contributed by atoms with van der Waals surface area (Å²) in [6, 6.07) is -0.524. The fourth-order valence-corrected chi connectivity index (χ4v) is 1.03. The van der Waals surface area contributed by atoms with Gasteiger partial charge in [-0.3, -0.25) is 14.4 Å². The van der Waals surface area contributed by atoms with Crippen LogP contribution in [0.3, 0.4) is 0 Å². The lowest BCUT2D eigenvalue weighted by Crippen LogP contribution is -2.43. The highest BCUT2D eigenvalue weighted by molar-refractivity contribution is 5.78. The lowest BCUT2D eigenvalue weighted by Gasteiger charge is -2.10. The monoisotopic (exact) mass is 334 g/mol. The van der Waals surface area contributed by atoms with Crippen LogP contribution < -0.4 is 16.8 Å². The number of hydrogen-bond acceptors (Lipinski definition) is 8. The van der Waals surface area contributed by atoms with E-state index in [2.05, 4.69) is 5.32 Å². The van der Waals surface area contributed by atoms with Gasteiger partial charge in [0.1, 0.15) is 18.2 Å². The Balaban J connectivity index is 0. The third-order valence-corrected chi connectivity index (χ3v) is 2.45. The van der Waals surface area contributed by atoms with Gasteiger partial charge < -0.3 is 37.2 Å². The second-order valence-corrected chi connectivity index (χ2v) is 4.36. The fourth-order valence-electron chi connectivity index (χ4n) is 1.03. The molecular weight excluding hydrogens is 312 g/mol. The number of carbonyl (C=O) groups excluding carboxylic acids is 1. The Morgan fingerprint density at radius 1 is 1.17 bits per heavy atom. The smallest absolute Gasteiger partial charge is 0.323 e. The second-order valence-electron chi connectivity index (χ2n) is 4.36. The summed E-state index contributed by atoms with van der Waals surface area (Å²) in [5.41, 5.74) is 10.0. The Labute approximate surface area is 132 Å². The molecule has 23 heavy (non-hydrogen) atoms. The molecule has 0 aliphatic heterocycles. The summed E-state index contributed by atoms with van der Waals surface area (Å²) in [5.74, 6) is -2.72. The molecule has 11 nitrogen and oxygen atoms in total. The summed E-state index contributed by atoms with van der Waals surface area (Å²) in [7, 11) is 0. The standard InChI is InChI=1S/C8H13N3O3.C4H9NO4/c9-4-1-5-11-7(12)3-2-6(10)8(13)14;5-3(4(8)9)2(7)1-6/h6H,1-3,5,10H2,(H,11,12)(H,13,14);2-3,6-7H,1,5H2,(H,8,9)/t6-;2-,3+/m01/s1. The van der Waals surface area contributed by atoms with Gasteiger partial charge in [-0.15, -0.1) is 0 Å². The van der Waals surface area contributed by atoms with Crippen molar-refractivity contribution >= 4 is 17.8 Å². The lowest BCUT2D eigenvalue weighted by molar-refractivity contribution is -0.142. The van der Waals surface area contributed by atoms with E-state index in [1.165, 1.54) is 0 Å². The largest absolute Gasteiger partial charge is 0.480 e. The average Bonchev–Trinajstić information content (AvgIpc) is 2.51. The van der Waals surface area contributed by atoms with Gasteiger partial charge >= 0.3 is 11.9 Å². The van der Waals surface area contributed by atoms with Gasteiger partial charge in [-0.1, -0.05) is 0 Å². The quantitative estimate of drug-likeness (QED) is 0.211. The van der Waals surface area contributed by atoms with E-state index in [1.54, 1.807) is 0 Å². The third-order valence-electron chi connectivity index (χ3n) is 2.45. The van der Waals surface area contributed by atoms with E-state index in [0.29, 0.717) is 0 Å². The van der Waals surface area contributed by atoms with E-state index < -0.39 is 36.7 Å². The normalized spacial score (nSPS) is 13.5. The molecule has 0 fully saturated rings. The molecule has 0 heterocycles. The van der Waals surface area contributed by atoms with Crippen molar-refractivity contribution in [2.24, 2.45) is 11.5 Å².